The highest BCUT2D eigenvalue weighted by Gasteiger charge is 2.13. The van der Waals surface area contributed by atoms with Gasteiger partial charge in [0.15, 0.2) is 0 Å². The summed E-state index contributed by atoms with van der Waals surface area (Å²) in [4.78, 5) is 11.7. The molecule has 0 aromatic carbocycles. The predicted molar refractivity (Wildman–Crippen MR) is 76.9 cm³/mol. The van der Waals surface area contributed by atoms with Gasteiger partial charge in [0.1, 0.15) is 0 Å². The third-order valence-electron chi connectivity index (χ3n) is 2.68. The molecule has 1 aromatic rings. The Bertz CT molecular complexity index is 418. The van der Waals surface area contributed by atoms with Crippen LogP contribution in [0, 0.1) is 0 Å². The highest BCUT2D eigenvalue weighted by molar-refractivity contribution is 5.78. The third-order valence-corrected chi connectivity index (χ3v) is 2.68. The molecular weight excluding hydrogens is 240 g/mol. The van der Waals surface area contributed by atoms with Gasteiger partial charge in [-0.15, -0.1) is 0 Å². The summed E-state index contributed by atoms with van der Waals surface area (Å²) in [5.41, 5.74) is 2.04. The minimum Gasteiger partial charge on any atom is -0.350 e. The van der Waals surface area contributed by atoms with Crippen LogP contribution in [0.1, 0.15) is 46.0 Å². The lowest BCUT2D eigenvalue weighted by Gasteiger charge is -2.20. The molecule has 1 heterocycles. The number of nitrogens with one attached hydrogen (secondary N) is 2. The molecule has 0 aliphatic carbocycles. The molecule has 0 saturated heterocycles. The second-order valence-corrected chi connectivity index (χ2v) is 5.70. The Morgan fingerprint density at radius 3 is 2.58 bits per heavy atom. The van der Waals surface area contributed by atoms with Gasteiger partial charge >= 0.3 is 0 Å². The standard InChI is InChI=1S/C14H26N4O/c1-6-11-8-12(18(7-2)17-11)9-15-10-13(19)16-14(3,4)5/h8,15H,6-7,9-10H2,1-5H3,(H,16,19). The normalized spacial score (nSPS) is 11.6. The number of carbonyl (C=O) groups excluding carboxylic acids is 1. The van der Waals surface area contributed by atoms with Crippen LogP contribution in [0.15, 0.2) is 6.07 Å². The summed E-state index contributed by atoms with van der Waals surface area (Å²) in [5, 5.41) is 10.6. The second-order valence-electron chi connectivity index (χ2n) is 5.70. The van der Waals surface area contributed by atoms with Crippen LogP contribution in [0.5, 0.6) is 0 Å². The summed E-state index contributed by atoms with van der Waals surface area (Å²) in [5.74, 6) is 0.0192. The van der Waals surface area contributed by atoms with E-state index in [1.54, 1.807) is 0 Å². The van der Waals surface area contributed by atoms with Gasteiger partial charge in [-0.2, -0.15) is 5.10 Å². The van der Waals surface area contributed by atoms with Gasteiger partial charge < -0.3 is 10.6 Å². The first kappa shape index (κ1) is 15.7. The van der Waals surface area contributed by atoms with Crippen molar-refractivity contribution in [1.82, 2.24) is 20.4 Å². The van der Waals surface area contributed by atoms with Crippen LogP contribution in [-0.2, 0) is 24.3 Å². The van der Waals surface area contributed by atoms with Gasteiger partial charge in [0.25, 0.3) is 0 Å². The Kier molecular flexibility index (Phi) is 5.54. The van der Waals surface area contributed by atoms with Gasteiger partial charge in [-0.25, -0.2) is 0 Å². The molecule has 2 N–H and O–H groups in total. The van der Waals surface area contributed by atoms with Gasteiger partial charge in [0, 0.05) is 18.6 Å². The van der Waals surface area contributed by atoms with E-state index < -0.39 is 0 Å². The predicted octanol–water partition coefficient (Wildman–Crippen LogP) is 1.47. The molecule has 1 aromatic heterocycles. The molecular formula is C14H26N4O. The molecule has 0 aliphatic rings. The van der Waals surface area contributed by atoms with E-state index in [0.29, 0.717) is 13.1 Å². The zero-order valence-corrected chi connectivity index (χ0v) is 12.7. The van der Waals surface area contributed by atoms with Crippen LogP contribution in [0.4, 0.5) is 0 Å². The van der Waals surface area contributed by atoms with Crippen molar-refractivity contribution in [1.29, 1.82) is 0 Å². The molecule has 0 fully saturated rings. The number of rotatable bonds is 6. The van der Waals surface area contributed by atoms with Crippen molar-refractivity contribution in [2.75, 3.05) is 6.54 Å². The molecule has 1 amide bonds. The monoisotopic (exact) mass is 266 g/mol. The molecule has 5 nitrogen and oxygen atoms in total. The lowest BCUT2D eigenvalue weighted by molar-refractivity contribution is -0.121. The van der Waals surface area contributed by atoms with Crippen LogP contribution in [0.2, 0.25) is 0 Å². The highest BCUT2D eigenvalue weighted by Crippen LogP contribution is 2.05. The molecule has 0 bridgehead atoms. The van der Waals surface area contributed by atoms with E-state index >= 15 is 0 Å². The molecule has 0 radical (unpaired) electrons. The van der Waals surface area contributed by atoms with E-state index in [1.807, 2.05) is 25.5 Å². The van der Waals surface area contributed by atoms with Crippen LogP contribution in [0.25, 0.3) is 0 Å². The zero-order chi connectivity index (χ0) is 14.5. The van der Waals surface area contributed by atoms with E-state index in [-0.39, 0.29) is 11.4 Å². The number of hydrogen-bond acceptors (Lipinski definition) is 3. The van der Waals surface area contributed by atoms with E-state index in [1.165, 1.54) is 0 Å². The molecule has 19 heavy (non-hydrogen) atoms. The van der Waals surface area contributed by atoms with Gasteiger partial charge in [-0.3, -0.25) is 9.48 Å². The molecule has 0 atom stereocenters. The number of amides is 1. The Morgan fingerprint density at radius 2 is 2.05 bits per heavy atom. The van der Waals surface area contributed by atoms with Crippen molar-refractivity contribution in [3.05, 3.63) is 17.5 Å². The van der Waals surface area contributed by atoms with Gasteiger partial charge in [-0.1, -0.05) is 6.92 Å². The van der Waals surface area contributed by atoms with Gasteiger partial charge in [-0.05, 0) is 40.2 Å². The van der Waals surface area contributed by atoms with Crippen LogP contribution in [-0.4, -0.2) is 27.8 Å². The largest absolute Gasteiger partial charge is 0.350 e. The number of nitrogens with zero attached hydrogens (tertiary/aromatic N) is 2. The fourth-order valence-electron chi connectivity index (χ4n) is 1.87. The minimum atomic E-state index is -0.181. The Balaban J connectivity index is 2.44. The maximum absolute atomic E-state index is 11.7. The summed E-state index contributed by atoms with van der Waals surface area (Å²) in [6.07, 6.45) is 0.935. The SMILES string of the molecule is CCc1cc(CNCC(=O)NC(C)(C)C)n(CC)n1. The van der Waals surface area contributed by atoms with Gasteiger partial charge in [0.2, 0.25) is 5.91 Å². The summed E-state index contributed by atoms with van der Waals surface area (Å²) < 4.78 is 1.98. The van der Waals surface area contributed by atoms with Crippen molar-refractivity contribution >= 4 is 5.91 Å². The molecule has 108 valence electrons. The fourth-order valence-corrected chi connectivity index (χ4v) is 1.87. The number of aryl methyl sites for hydroxylation is 2. The molecule has 0 saturated carbocycles. The summed E-state index contributed by atoms with van der Waals surface area (Å²) in [7, 11) is 0. The van der Waals surface area contributed by atoms with Crippen LogP contribution >= 0.6 is 0 Å². The first-order valence-electron chi connectivity index (χ1n) is 6.93. The van der Waals surface area contributed by atoms with Crippen LogP contribution in [0.3, 0.4) is 0 Å². The van der Waals surface area contributed by atoms with Crippen molar-refractivity contribution in [2.45, 2.75) is 59.7 Å². The highest BCUT2D eigenvalue weighted by atomic mass is 16.2. The maximum atomic E-state index is 11.7. The average molecular weight is 266 g/mol. The Hall–Kier alpha value is -1.36. The van der Waals surface area contributed by atoms with Crippen molar-refractivity contribution < 1.29 is 4.79 Å². The van der Waals surface area contributed by atoms with E-state index in [2.05, 4.69) is 35.6 Å². The lowest BCUT2D eigenvalue weighted by Crippen LogP contribution is -2.44. The average Bonchev–Trinajstić information content (AvgIpc) is 2.69. The quantitative estimate of drug-likeness (QED) is 0.820. The van der Waals surface area contributed by atoms with Gasteiger partial charge in [0.05, 0.1) is 17.9 Å². The van der Waals surface area contributed by atoms with E-state index in [9.17, 15) is 4.79 Å². The Morgan fingerprint density at radius 1 is 1.37 bits per heavy atom. The number of hydrogen-bond donors (Lipinski definition) is 2. The summed E-state index contributed by atoms with van der Waals surface area (Å²) in [6, 6.07) is 2.10. The lowest BCUT2D eigenvalue weighted by atomic mass is 10.1. The third kappa shape index (κ3) is 5.42. The van der Waals surface area contributed by atoms with E-state index in [0.717, 1.165) is 24.4 Å². The molecule has 0 unspecified atom stereocenters. The smallest absolute Gasteiger partial charge is 0.234 e. The first-order valence-corrected chi connectivity index (χ1v) is 6.93. The van der Waals surface area contributed by atoms with E-state index in [4.69, 9.17) is 0 Å². The summed E-state index contributed by atoms with van der Waals surface area (Å²) in [6.45, 7) is 11.9. The number of aromatic nitrogens is 2. The van der Waals surface area contributed by atoms with Crippen LogP contribution < -0.4 is 10.6 Å². The molecule has 1 rings (SSSR count). The zero-order valence-electron chi connectivity index (χ0n) is 12.7. The molecule has 0 spiro atoms. The molecule has 5 heteroatoms. The Labute approximate surface area is 115 Å². The summed E-state index contributed by atoms with van der Waals surface area (Å²) >= 11 is 0. The molecule has 0 aliphatic heterocycles. The first-order chi connectivity index (χ1) is 8.85. The second kappa shape index (κ2) is 6.70. The van der Waals surface area contributed by atoms with Crippen molar-refractivity contribution in [2.24, 2.45) is 0 Å². The van der Waals surface area contributed by atoms with Crippen molar-refractivity contribution in [3.8, 4) is 0 Å². The topological polar surface area (TPSA) is 59.0 Å². The number of carbonyl (C=O) groups is 1. The van der Waals surface area contributed by atoms with Crippen molar-refractivity contribution in [3.63, 3.8) is 0 Å². The minimum absolute atomic E-state index is 0.0192. The fraction of sp³-hybridized carbons (Fsp3) is 0.714. The maximum Gasteiger partial charge on any atom is 0.234 e.